The summed E-state index contributed by atoms with van der Waals surface area (Å²) in [7, 11) is 0. The molecule has 9 nitrogen and oxygen atoms in total. The molecule has 2 unspecified atom stereocenters. The zero-order chi connectivity index (χ0) is 16.6. The van der Waals surface area contributed by atoms with Gasteiger partial charge in [0, 0.05) is 6.42 Å². The fourth-order valence-corrected chi connectivity index (χ4v) is 2.99. The van der Waals surface area contributed by atoms with Crippen LogP contribution >= 0.6 is 0 Å². The van der Waals surface area contributed by atoms with Gasteiger partial charge in [0.1, 0.15) is 11.7 Å². The van der Waals surface area contributed by atoms with Gasteiger partial charge in [0.25, 0.3) is 5.91 Å². The molecular weight excluding hydrogens is 300 g/mol. The summed E-state index contributed by atoms with van der Waals surface area (Å²) in [6, 6.07) is 4.39. The number of nitrogens with two attached hydrogens (primary N) is 1. The molecule has 2 atom stereocenters. The molecule has 1 saturated heterocycles. The minimum atomic E-state index is -0.710. The van der Waals surface area contributed by atoms with Crippen molar-refractivity contribution in [2.45, 2.75) is 32.0 Å². The van der Waals surface area contributed by atoms with Crippen LogP contribution in [0.3, 0.4) is 0 Å². The monoisotopic (exact) mass is 316 g/mol. The van der Waals surface area contributed by atoms with E-state index in [2.05, 4.69) is 21.0 Å². The normalized spacial score (nSPS) is 24.4. The van der Waals surface area contributed by atoms with Crippen LogP contribution in [0, 0.1) is 0 Å². The fraction of sp³-hybridized carbons (Fsp3) is 0.357. The van der Waals surface area contributed by atoms with Gasteiger partial charge in [-0.25, -0.2) is 0 Å². The van der Waals surface area contributed by atoms with Crippen molar-refractivity contribution in [3.8, 4) is 0 Å². The van der Waals surface area contributed by atoms with Crippen LogP contribution < -0.4 is 16.5 Å². The number of imide groups is 1. The van der Waals surface area contributed by atoms with Crippen molar-refractivity contribution in [3.05, 3.63) is 23.8 Å². The number of rotatable bonds is 2. The van der Waals surface area contributed by atoms with Crippen molar-refractivity contribution in [1.82, 2.24) is 10.2 Å². The number of nitrogens with one attached hydrogen (secondary N) is 2. The van der Waals surface area contributed by atoms with Gasteiger partial charge in [-0.3, -0.25) is 19.7 Å². The number of benzene rings is 1. The Balaban J connectivity index is 2.00. The van der Waals surface area contributed by atoms with Crippen LogP contribution in [0.1, 0.15) is 30.1 Å². The highest BCUT2D eigenvalue weighted by Gasteiger charge is 2.41. The fourth-order valence-electron chi connectivity index (χ4n) is 2.99. The van der Waals surface area contributed by atoms with Gasteiger partial charge in [-0.05, 0) is 25.5 Å². The topological polar surface area (TPSA) is 129 Å². The molecule has 1 fully saturated rings. The summed E-state index contributed by atoms with van der Waals surface area (Å²) in [5.74, 6) is 3.96. The second-order valence-corrected chi connectivity index (χ2v) is 5.41. The lowest BCUT2D eigenvalue weighted by Gasteiger charge is -2.41. The molecule has 1 aromatic carbocycles. The Kier molecular flexibility index (Phi) is 3.68. The van der Waals surface area contributed by atoms with E-state index >= 15 is 0 Å². The predicted molar refractivity (Wildman–Crippen MR) is 80.6 cm³/mol. The first-order valence-electron chi connectivity index (χ1n) is 7.19. The Morgan fingerprint density at radius 3 is 2.78 bits per heavy atom. The molecule has 1 aromatic rings. The molecule has 0 aliphatic carbocycles. The minimum absolute atomic E-state index is 0.198. The summed E-state index contributed by atoms with van der Waals surface area (Å²) in [6.45, 7) is 1.78. The second-order valence-electron chi connectivity index (χ2n) is 5.41. The van der Waals surface area contributed by atoms with Crippen molar-refractivity contribution in [2.24, 2.45) is 16.2 Å². The minimum Gasteiger partial charge on any atom is -0.365 e. The highest BCUT2D eigenvalue weighted by molar-refractivity contribution is 6.09. The predicted octanol–water partition coefficient (Wildman–Crippen LogP) is 0.663. The van der Waals surface area contributed by atoms with E-state index in [9.17, 15) is 14.4 Å². The Labute approximate surface area is 131 Å². The van der Waals surface area contributed by atoms with Crippen LogP contribution in [-0.4, -0.2) is 34.8 Å². The summed E-state index contributed by atoms with van der Waals surface area (Å²) >= 11 is 0. The Morgan fingerprint density at radius 1 is 1.30 bits per heavy atom. The molecule has 9 heteroatoms. The summed E-state index contributed by atoms with van der Waals surface area (Å²) in [5, 5.41) is 12.4. The van der Waals surface area contributed by atoms with Gasteiger partial charge in [-0.15, -0.1) is 5.11 Å². The molecule has 0 aromatic heterocycles. The first-order chi connectivity index (χ1) is 11.0. The van der Waals surface area contributed by atoms with Crippen molar-refractivity contribution in [2.75, 3.05) is 5.32 Å². The maximum atomic E-state index is 12.9. The molecule has 2 aliphatic heterocycles. The van der Waals surface area contributed by atoms with Crippen molar-refractivity contribution >= 4 is 29.1 Å². The highest BCUT2D eigenvalue weighted by Crippen LogP contribution is 2.34. The average molecular weight is 316 g/mol. The van der Waals surface area contributed by atoms with Crippen molar-refractivity contribution < 1.29 is 14.4 Å². The van der Waals surface area contributed by atoms with Gasteiger partial charge in [-0.2, -0.15) is 0 Å². The molecular formula is C14H16N6O3. The molecule has 0 spiro atoms. The lowest BCUT2D eigenvalue weighted by molar-refractivity contribution is -0.137. The maximum absolute atomic E-state index is 12.9. The molecule has 0 bridgehead atoms. The Bertz CT molecular complexity index is 716. The van der Waals surface area contributed by atoms with E-state index in [0.29, 0.717) is 23.4 Å². The maximum Gasteiger partial charge on any atom is 0.260 e. The third kappa shape index (κ3) is 2.50. The van der Waals surface area contributed by atoms with E-state index in [0.717, 1.165) is 0 Å². The van der Waals surface area contributed by atoms with Gasteiger partial charge >= 0.3 is 0 Å². The molecule has 2 heterocycles. The Hall–Kier alpha value is -2.97. The van der Waals surface area contributed by atoms with E-state index in [1.807, 2.05) is 0 Å². The van der Waals surface area contributed by atoms with Gasteiger partial charge in [0.2, 0.25) is 11.8 Å². The second kappa shape index (κ2) is 5.67. The molecule has 0 radical (unpaired) electrons. The van der Waals surface area contributed by atoms with Crippen LogP contribution in [0.4, 0.5) is 11.4 Å². The lowest BCUT2D eigenvalue weighted by Crippen LogP contribution is -2.60. The molecule has 23 heavy (non-hydrogen) atoms. The number of piperidine rings is 1. The number of fused-ring (bicyclic) bond motifs is 1. The van der Waals surface area contributed by atoms with Gasteiger partial charge in [-0.1, -0.05) is 11.3 Å². The van der Waals surface area contributed by atoms with E-state index in [1.54, 1.807) is 25.1 Å². The first kappa shape index (κ1) is 14.9. The summed E-state index contributed by atoms with van der Waals surface area (Å²) in [5.41, 5.74) is 1.24. The molecule has 4 N–H and O–H groups in total. The number of anilines is 1. The standard InChI is InChI=1S/C14H16N6O3/c1-7-16-8-3-2-4-9(18-19-15)12(8)14(23)20(7)10-5-6-11(21)17-13(10)22/h2-4,7,10,16H,5-6H2,1H3,(H2,15,18)(H,17,21,22). The largest absolute Gasteiger partial charge is 0.365 e. The molecule has 0 saturated carbocycles. The van der Waals surface area contributed by atoms with Crippen LogP contribution in [-0.2, 0) is 9.59 Å². The number of hydrogen-bond donors (Lipinski definition) is 3. The molecule has 120 valence electrons. The number of carbonyl (C=O) groups is 3. The van der Waals surface area contributed by atoms with Crippen LogP contribution in [0.5, 0.6) is 0 Å². The van der Waals surface area contributed by atoms with Crippen LogP contribution in [0.2, 0.25) is 0 Å². The quantitative estimate of drug-likeness (QED) is 0.319. The highest BCUT2D eigenvalue weighted by atomic mass is 16.2. The zero-order valence-corrected chi connectivity index (χ0v) is 12.4. The van der Waals surface area contributed by atoms with Crippen molar-refractivity contribution in [3.63, 3.8) is 0 Å². The SMILES string of the molecule is CC1Nc2cccc(N=NN)c2C(=O)N1C1CCC(=O)NC1=O. The average Bonchev–Trinajstić information content (AvgIpc) is 2.49. The number of hydrogen-bond acceptors (Lipinski definition) is 6. The zero-order valence-electron chi connectivity index (χ0n) is 12.4. The van der Waals surface area contributed by atoms with Crippen LogP contribution in [0.25, 0.3) is 0 Å². The smallest absolute Gasteiger partial charge is 0.260 e. The third-order valence-corrected chi connectivity index (χ3v) is 3.98. The van der Waals surface area contributed by atoms with E-state index in [4.69, 9.17) is 5.84 Å². The van der Waals surface area contributed by atoms with Gasteiger partial charge in [0.15, 0.2) is 0 Å². The van der Waals surface area contributed by atoms with E-state index in [1.165, 1.54) is 4.90 Å². The van der Waals surface area contributed by atoms with Gasteiger partial charge in [0.05, 0.1) is 17.4 Å². The summed E-state index contributed by atoms with van der Waals surface area (Å²) in [4.78, 5) is 37.8. The number of carbonyl (C=O) groups excluding carboxylic acids is 3. The van der Waals surface area contributed by atoms with Gasteiger partial charge < -0.3 is 16.1 Å². The van der Waals surface area contributed by atoms with Crippen LogP contribution in [0.15, 0.2) is 28.5 Å². The lowest BCUT2D eigenvalue weighted by atomic mass is 9.99. The molecule has 3 rings (SSSR count). The number of amides is 3. The number of nitrogens with zero attached hydrogens (tertiary/aromatic N) is 3. The van der Waals surface area contributed by atoms with E-state index < -0.39 is 18.1 Å². The van der Waals surface area contributed by atoms with E-state index in [-0.39, 0.29) is 18.2 Å². The summed E-state index contributed by atoms with van der Waals surface area (Å²) in [6.07, 6.45) is 0.0893. The van der Waals surface area contributed by atoms with Crippen molar-refractivity contribution in [1.29, 1.82) is 0 Å². The molecule has 3 amide bonds. The molecule has 2 aliphatic rings. The summed E-state index contributed by atoms with van der Waals surface area (Å²) < 4.78 is 0. The third-order valence-electron chi connectivity index (χ3n) is 3.98. The Morgan fingerprint density at radius 2 is 2.09 bits per heavy atom. The first-order valence-corrected chi connectivity index (χ1v) is 7.19.